The third kappa shape index (κ3) is 77.1. The van der Waals surface area contributed by atoms with Crippen LogP contribution in [0.1, 0.15) is 174 Å². The Bertz CT molecular complexity index is 2170. The molecule has 0 saturated heterocycles. The molecule has 0 rings (SSSR count). The van der Waals surface area contributed by atoms with Crippen molar-refractivity contribution >= 4 is 85.6 Å². The number of allylic oxidation sites excluding steroid dienone is 4. The molecule has 114 heavy (non-hydrogen) atoms. The van der Waals surface area contributed by atoms with Crippen LogP contribution >= 0.6 is 0 Å². The highest BCUT2D eigenvalue weighted by Gasteiger charge is 2.35. The van der Waals surface area contributed by atoms with Crippen LogP contribution in [0.2, 0.25) is 63.5 Å². The standard InChI is InChI=1S/C12H26O2Si.C12H24O2Si.C10H22O2Si.C10H20O2Si.C8H18O2Si.C8H16O2Si.C7H16O2Si.C6H14O2Si.C6H12O2Si.C5H12O2Si/c1-5-8-10-13-15(4,12-7-3)14-11-9-6-2;1-5-9-11-13-15(7-3,8-4)14-12-10-6-2;1-5-8-11-13(4,10-7-3)12-9-6-2;1-5-9-11-13(7-3,8-4)12-10-6-2;1-5-8-11(4,9-6-2)10-7-3;1-5-9-11(7-3,8-4)10-6-2;1-5-8-10(4,7-3)9-6-2;1-5-6-9(4,7-2)8-3;1-5-9(6-2,7-3)8-4;1-5-8(4,6-2)7-3/h7H,3,5-6,8-12H2,1-2,4H3;7-8H,3-6,9-12H2,1-2H3;7H,3,5-6,8-10H2,1-2,4H3;7-8H,3-6,9-10H2,1-2H3;5H,1,6-8H2,2-4H3;7-8H,3-6H2,1-2H3;7H,3,5-6H2,1-2,4H3;5H,1,6H2,2-4H3;5-6H,1-2H2,3-4H3;5H,1H2,2-4H3. The van der Waals surface area contributed by atoms with Gasteiger partial charge in [0.05, 0.1) is 0 Å². The number of unbranched alkanes of at least 4 members (excludes halogenated alkanes) is 4. The maximum absolute atomic E-state index is 5.90. The first-order valence-corrected chi connectivity index (χ1v) is 63.9. The largest absolute Gasteiger partial charge is 0.398 e. The van der Waals surface area contributed by atoms with Gasteiger partial charge in [-0.3, -0.25) is 0 Å². The molecule has 0 aromatic heterocycles. The second kappa shape index (κ2) is 90.0. The Hall–Kier alpha value is -2.27. The van der Waals surface area contributed by atoms with Gasteiger partial charge in [0.2, 0.25) is 0 Å². The lowest BCUT2D eigenvalue weighted by Crippen LogP contribution is -2.39. The van der Waals surface area contributed by atoms with E-state index < -0.39 is 85.6 Å². The summed E-state index contributed by atoms with van der Waals surface area (Å²) >= 11 is 0. The van der Waals surface area contributed by atoms with Crippen LogP contribution in [-0.4, -0.2) is 221 Å². The Balaban J connectivity index is -0.000000133. The molecule has 0 heterocycles. The Morgan fingerprint density at radius 2 is 0.404 bits per heavy atom. The summed E-state index contributed by atoms with van der Waals surface area (Å²) < 4.78 is 110. The van der Waals surface area contributed by atoms with E-state index in [4.69, 9.17) is 88.5 Å². The van der Waals surface area contributed by atoms with E-state index in [2.05, 4.69) is 167 Å². The molecule has 0 N–H and O–H groups in total. The fourth-order valence-electron chi connectivity index (χ4n) is 8.18. The highest BCUT2D eigenvalue weighted by atomic mass is 28.4. The quantitative estimate of drug-likeness (QED) is 0.0318. The highest BCUT2D eigenvalue weighted by Crippen LogP contribution is 2.19. The molecule has 20 nitrogen and oxygen atoms in total. The zero-order chi connectivity index (χ0) is 90.3. The molecule has 0 atom stereocenters. The van der Waals surface area contributed by atoms with Gasteiger partial charge in [-0.2, -0.15) is 0 Å². The molecule has 0 unspecified atom stereocenters. The van der Waals surface area contributed by atoms with E-state index in [1.54, 1.807) is 88.3 Å². The van der Waals surface area contributed by atoms with E-state index >= 15 is 0 Å². The molecule has 0 radical (unpaired) electrons. The minimum atomic E-state index is -2.29. The Kier molecular flexibility index (Phi) is 104. The van der Waals surface area contributed by atoms with Crippen molar-refractivity contribution in [1.29, 1.82) is 0 Å². The van der Waals surface area contributed by atoms with Crippen molar-refractivity contribution in [1.82, 2.24) is 0 Å². The monoisotopic (exact) mass is 1790 g/mol. The third-order valence-corrected chi connectivity index (χ3v) is 41.3. The van der Waals surface area contributed by atoms with Crippen LogP contribution in [0, 0.1) is 0 Å². The number of rotatable bonds is 64. The number of hydrogen-bond acceptors (Lipinski definition) is 20. The average molecular weight is 1790 g/mol. The lowest BCUT2D eigenvalue weighted by molar-refractivity contribution is 0.171. The van der Waals surface area contributed by atoms with Crippen LogP contribution in [0.3, 0.4) is 0 Å². The van der Waals surface area contributed by atoms with Gasteiger partial charge in [-0.05, 0) is 189 Å². The molecule has 0 amide bonds. The molecule has 0 aliphatic heterocycles. The van der Waals surface area contributed by atoms with E-state index in [0.29, 0.717) is 39.6 Å². The molecule has 0 aliphatic rings. The first-order valence-electron chi connectivity index (χ1n) is 41.1. The van der Waals surface area contributed by atoms with Crippen molar-refractivity contribution in [3.05, 3.63) is 173 Å². The molecule has 0 aliphatic carbocycles. The molecular weight excluding hydrogens is 1610 g/mol. The SMILES string of the molecule is C=CC[Si](C)(OC)OC.C=CC[Si](C)(OCC)OCC.C=CC[Si](C)(OCCC)OCCC.C=CC[Si](C)(OCCCC)OCCCC.C=C[Si](C)(OC)OC.C=C[Si](C)(OCC)OCC.C=C[Si](C=C)(OC)OC.C=C[Si](C=C)(OCC)OCC.C=C[Si](C=C)(OCCC)OCCC.C=C[Si](C=C)(OCCCC)OCCCC. The van der Waals surface area contributed by atoms with Crippen molar-refractivity contribution in [2.45, 2.75) is 237 Å². The molecule has 0 bridgehead atoms. The molecule has 0 saturated carbocycles. The topological polar surface area (TPSA) is 185 Å². The Morgan fingerprint density at radius 1 is 0.193 bits per heavy atom. The summed E-state index contributed by atoms with van der Waals surface area (Å²) in [5.74, 6) is 0. The van der Waals surface area contributed by atoms with Gasteiger partial charge in [0.25, 0.3) is 0 Å². The van der Waals surface area contributed by atoms with E-state index in [0.717, 1.165) is 141 Å². The molecule has 30 heteroatoms. The Morgan fingerprint density at radius 3 is 0.570 bits per heavy atom. The van der Waals surface area contributed by atoms with Crippen molar-refractivity contribution in [2.24, 2.45) is 0 Å². The summed E-state index contributed by atoms with van der Waals surface area (Å²) in [4.78, 5) is 0. The smallest absolute Gasteiger partial charge is 0.390 e. The average Bonchev–Trinajstić information content (AvgIpc) is 0.955. The molecule has 676 valence electrons. The first kappa shape index (κ1) is 132. The summed E-state index contributed by atoms with van der Waals surface area (Å²) in [6.07, 6.45) is 20.6. The Labute approximate surface area is 715 Å². The normalized spacial score (nSPS) is 11.4. The second-order valence-corrected chi connectivity index (χ2v) is 56.6. The predicted octanol–water partition coefficient (Wildman–Crippen LogP) is 23.1. The van der Waals surface area contributed by atoms with E-state index in [1.807, 2.05) is 96.9 Å². The molecule has 0 fully saturated rings. The maximum Gasteiger partial charge on any atom is 0.390 e. The van der Waals surface area contributed by atoms with Crippen LogP contribution < -0.4 is 0 Å². The second-order valence-electron chi connectivity index (χ2n) is 25.5. The van der Waals surface area contributed by atoms with Gasteiger partial charge in [0, 0.05) is 159 Å². The van der Waals surface area contributed by atoms with Crippen molar-refractivity contribution in [3.63, 3.8) is 0 Å². The lowest BCUT2D eigenvalue weighted by atomic mass is 10.4. The summed E-state index contributed by atoms with van der Waals surface area (Å²) in [5, 5.41) is 0. The number of hydrogen-bond donors (Lipinski definition) is 0. The third-order valence-electron chi connectivity index (χ3n) is 15.6. The molecule has 0 spiro atoms. The summed E-state index contributed by atoms with van der Waals surface area (Å²) in [6, 6.07) is 3.49. The first-order chi connectivity index (χ1) is 54.1. The van der Waals surface area contributed by atoms with Crippen molar-refractivity contribution in [2.75, 3.05) is 135 Å². The zero-order valence-corrected chi connectivity index (χ0v) is 88.4. The lowest BCUT2D eigenvalue weighted by Gasteiger charge is -2.25. The minimum Gasteiger partial charge on any atom is -0.398 e. The molecule has 0 aromatic rings. The van der Waals surface area contributed by atoms with Crippen LogP contribution in [0.15, 0.2) is 173 Å². The highest BCUT2D eigenvalue weighted by molar-refractivity contribution is 6.79. The minimum absolute atomic E-state index is 0.643. The van der Waals surface area contributed by atoms with Gasteiger partial charge in [0.15, 0.2) is 0 Å². The molecule has 0 aromatic carbocycles. The van der Waals surface area contributed by atoms with Crippen molar-refractivity contribution in [3.8, 4) is 0 Å². The van der Waals surface area contributed by atoms with Gasteiger partial charge in [0.1, 0.15) is 0 Å². The fraction of sp³-hybridized carbons (Fsp3) is 0.667. The summed E-state index contributed by atoms with van der Waals surface area (Å²) in [7, 11) is -10.5. The van der Waals surface area contributed by atoms with E-state index in [9.17, 15) is 0 Å². The van der Waals surface area contributed by atoms with Gasteiger partial charge in [-0.25, -0.2) is 0 Å². The van der Waals surface area contributed by atoms with Gasteiger partial charge >= 0.3 is 85.6 Å². The van der Waals surface area contributed by atoms with Crippen LogP contribution in [-0.2, 0) is 88.5 Å². The summed E-state index contributed by atoms with van der Waals surface area (Å²) in [6.45, 7) is 103. The van der Waals surface area contributed by atoms with Gasteiger partial charge in [-0.1, -0.05) is 105 Å². The fourth-order valence-corrected chi connectivity index (χ4v) is 23.4. The van der Waals surface area contributed by atoms with Crippen LogP contribution in [0.5, 0.6) is 0 Å². The van der Waals surface area contributed by atoms with Crippen molar-refractivity contribution < 1.29 is 88.5 Å². The zero-order valence-electron chi connectivity index (χ0n) is 78.4. The van der Waals surface area contributed by atoms with E-state index in [1.165, 1.54) is 12.8 Å². The summed E-state index contributed by atoms with van der Waals surface area (Å²) in [5.41, 5.74) is 17.6. The van der Waals surface area contributed by atoms with Crippen LogP contribution in [0.4, 0.5) is 0 Å². The van der Waals surface area contributed by atoms with Gasteiger partial charge < -0.3 is 88.5 Å². The maximum atomic E-state index is 5.90. The van der Waals surface area contributed by atoms with Gasteiger partial charge in [-0.15, -0.1) is 92.1 Å². The molecular formula is C84H180O20Si10. The van der Waals surface area contributed by atoms with Crippen LogP contribution in [0.25, 0.3) is 0 Å². The predicted molar refractivity (Wildman–Crippen MR) is 515 cm³/mol. The van der Waals surface area contributed by atoms with E-state index in [-0.39, 0.29) is 0 Å².